The Balaban J connectivity index is 1.64. The maximum atomic E-state index is 13.3. The summed E-state index contributed by atoms with van der Waals surface area (Å²) >= 11 is 0. The molecule has 3 aromatic rings. The number of aromatic nitrogens is 2. The van der Waals surface area contributed by atoms with Gasteiger partial charge in [-0.3, -0.25) is 9.59 Å². The lowest BCUT2D eigenvalue weighted by Crippen LogP contribution is -2.40. The molecule has 2 N–H and O–H groups in total. The van der Waals surface area contributed by atoms with Crippen LogP contribution in [0.15, 0.2) is 67.0 Å². The van der Waals surface area contributed by atoms with Crippen LogP contribution >= 0.6 is 0 Å². The summed E-state index contributed by atoms with van der Waals surface area (Å²) in [5.74, 6) is -0.354. The van der Waals surface area contributed by atoms with E-state index < -0.39 is 6.04 Å². The second-order valence-corrected chi connectivity index (χ2v) is 6.39. The molecule has 2 aromatic carbocycles. The van der Waals surface area contributed by atoms with E-state index in [-0.39, 0.29) is 30.6 Å². The highest BCUT2D eigenvalue weighted by atomic mass is 19.1. The maximum Gasteiger partial charge on any atom is 0.240 e. The summed E-state index contributed by atoms with van der Waals surface area (Å²) in [6.45, 7) is -0.159. The topological polar surface area (TPSA) is 76.0 Å². The standard InChI is InChI=1S/C21H21FN4O2/c1-26-12-11-23-21(26)20(16-7-9-17(22)10-8-16)25-19(28)14-24-18(27)13-15-5-3-2-4-6-15/h2-12,20H,13-14H2,1H3,(H,24,27)(H,25,28). The van der Waals surface area contributed by atoms with Crippen molar-refractivity contribution in [2.75, 3.05) is 6.54 Å². The van der Waals surface area contributed by atoms with Crippen molar-refractivity contribution < 1.29 is 14.0 Å². The molecule has 0 spiro atoms. The highest BCUT2D eigenvalue weighted by Crippen LogP contribution is 2.20. The number of halogens is 1. The maximum absolute atomic E-state index is 13.3. The van der Waals surface area contributed by atoms with Crippen LogP contribution < -0.4 is 10.6 Å². The lowest BCUT2D eigenvalue weighted by atomic mass is 10.1. The first-order valence-electron chi connectivity index (χ1n) is 8.85. The monoisotopic (exact) mass is 380 g/mol. The van der Waals surface area contributed by atoms with Gasteiger partial charge in [0.1, 0.15) is 17.7 Å². The Morgan fingerprint density at radius 1 is 1.07 bits per heavy atom. The molecule has 0 aliphatic rings. The molecule has 144 valence electrons. The first-order valence-corrected chi connectivity index (χ1v) is 8.85. The first-order chi connectivity index (χ1) is 13.5. The summed E-state index contributed by atoms with van der Waals surface area (Å²) in [5, 5.41) is 5.47. The van der Waals surface area contributed by atoms with Gasteiger partial charge in [0, 0.05) is 19.4 Å². The average molecular weight is 380 g/mol. The van der Waals surface area contributed by atoms with Crippen LogP contribution in [0.1, 0.15) is 23.0 Å². The van der Waals surface area contributed by atoms with Gasteiger partial charge in [-0.25, -0.2) is 9.37 Å². The number of imidazole rings is 1. The fraction of sp³-hybridized carbons (Fsp3) is 0.190. The Morgan fingerprint density at radius 2 is 1.79 bits per heavy atom. The number of aryl methyl sites for hydroxylation is 1. The lowest BCUT2D eigenvalue weighted by Gasteiger charge is -2.19. The van der Waals surface area contributed by atoms with Gasteiger partial charge in [0.25, 0.3) is 0 Å². The van der Waals surface area contributed by atoms with Crippen molar-refractivity contribution in [2.24, 2.45) is 7.05 Å². The van der Waals surface area contributed by atoms with E-state index in [4.69, 9.17) is 0 Å². The highest BCUT2D eigenvalue weighted by Gasteiger charge is 2.21. The van der Waals surface area contributed by atoms with Crippen LogP contribution in [0.3, 0.4) is 0 Å². The number of benzene rings is 2. The number of amides is 2. The van der Waals surface area contributed by atoms with Crippen LogP contribution in [0.4, 0.5) is 4.39 Å². The molecule has 7 heteroatoms. The molecule has 1 atom stereocenters. The summed E-state index contributed by atoms with van der Waals surface area (Å²) in [6, 6.07) is 14.6. The molecular formula is C21H21FN4O2. The molecule has 6 nitrogen and oxygen atoms in total. The number of hydrogen-bond acceptors (Lipinski definition) is 3. The van der Waals surface area contributed by atoms with Gasteiger partial charge < -0.3 is 15.2 Å². The van der Waals surface area contributed by atoms with Crippen molar-refractivity contribution in [3.05, 3.63) is 89.8 Å². The third-order valence-electron chi connectivity index (χ3n) is 4.28. The number of rotatable bonds is 7. The van der Waals surface area contributed by atoms with E-state index in [0.29, 0.717) is 11.4 Å². The number of carbonyl (C=O) groups excluding carboxylic acids is 2. The second-order valence-electron chi connectivity index (χ2n) is 6.39. The van der Waals surface area contributed by atoms with Crippen molar-refractivity contribution in [1.29, 1.82) is 0 Å². The van der Waals surface area contributed by atoms with Crippen LogP contribution in [0, 0.1) is 5.82 Å². The Hall–Kier alpha value is -3.48. The van der Waals surface area contributed by atoms with Gasteiger partial charge in [-0.2, -0.15) is 0 Å². The molecule has 0 aliphatic heterocycles. The quantitative estimate of drug-likeness (QED) is 0.659. The van der Waals surface area contributed by atoms with Gasteiger partial charge in [0.15, 0.2) is 0 Å². The molecular weight excluding hydrogens is 359 g/mol. The minimum atomic E-state index is -0.556. The molecule has 0 saturated carbocycles. The van der Waals surface area contributed by atoms with Crippen molar-refractivity contribution in [2.45, 2.75) is 12.5 Å². The van der Waals surface area contributed by atoms with Gasteiger partial charge in [0.05, 0.1) is 13.0 Å². The molecule has 0 saturated heterocycles. The van der Waals surface area contributed by atoms with Gasteiger partial charge >= 0.3 is 0 Å². The zero-order valence-electron chi connectivity index (χ0n) is 15.4. The molecule has 1 unspecified atom stereocenters. The van der Waals surface area contributed by atoms with Crippen molar-refractivity contribution >= 4 is 11.8 Å². The number of carbonyl (C=O) groups is 2. The third-order valence-corrected chi connectivity index (χ3v) is 4.28. The van der Waals surface area contributed by atoms with Crippen LogP contribution in [0.2, 0.25) is 0 Å². The van der Waals surface area contributed by atoms with Crippen molar-refractivity contribution in [3.63, 3.8) is 0 Å². The summed E-state index contributed by atoms with van der Waals surface area (Å²) < 4.78 is 15.0. The highest BCUT2D eigenvalue weighted by molar-refractivity contribution is 5.86. The van der Waals surface area contributed by atoms with Gasteiger partial charge in [-0.15, -0.1) is 0 Å². The Bertz CT molecular complexity index is 939. The zero-order chi connectivity index (χ0) is 19.9. The van der Waals surface area contributed by atoms with Crippen molar-refractivity contribution in [1.82, 2.24) is 20.2 Å². The summed E-state index contributed by atoms with van der Waals surface area (Å²) in [5.41, 5.74) is 1.57. The molecule has 0 bridgehead atoms. The van der Waals surface area contributed by atoms with Gasteiger partial charge in [0.2, 0.25) is 11.8 Å². The van der Waals surface area contributed by atoms with Crippen LogP contribution in [0.25, 0.3) is 0 Å². The summed E-state index contributed by atoms with van der Waals surface area (Å²) in [4.78, 5) is 28.8. The minimum absolute atomic E-state index is 0.159. The summed E-state index contributed by atoms with van der Waals surface area (Å²) in [7, 11) is 1.81. The Labute approximate surface area is 162 Å². The van der Waals surface area contributed by atoms with E-state index in [1.165, 1.54) is 12.1 Å². The van der Waals surface area contributed by atoms with Crippen LogP contribution in [-0.2, 0) is 23.1 Å². The molecule has 2 amide bonds. The molecule has 28 heavy (non-hydrogen) atoms. The lowest BCUT2D eigenvalue weighted by molar-refractivity contribution is -0.126. The fourth-order valence-electron chi connectivity index (χ4n) is 2.84. The average Bonchev–Trinajstić information content (AvgIpc) is 3.12. The number of nitrogens with zero attached hydrogens (tertiary/aromatic N) is 2. The molecule has 0 fully saturated rings. The SMILES string of the molecule is Cn1ccnc1C(NC(=O)CNC(=O)Cc1ccccc1)c1ccc(F)cc1. The van der Waals surface area contributed by atoms with E-state index in [0.717, 1.165) is 5.56 Å². The fourth-order valence-corrected chi connectivity index (χ4v) is 2.84. The zero-order valence-corrected chi connectivity index (χ0v) is 15.4. The number of hydrogen-bond donors (Lipinski definition) is 2. The molecule has 0 radical (unpaired) electrons. The van der Waals surface area contributed by atoms with E-state index >= 15 is 0 Å². The third kappa shape index (κ3) is 5.03. The van der Waals surface area contributed by atoms with E-state index in [2.05, 4.69) is 15.6 Å². The Morgan fingerprint density at radius 3 is 2.43 bits per heavy atom. The number of nitrogens with one attached hydrogen (secondary N) is 2. The predicted octanol–water partition coefficient (Wildman–Crippen LogP) is 2.12. The van der Waals surface area contributed by atoms with Crippen molar-refractivity contribution in [3.8, 4) is 0 Å². The normalized spacial score (nSPS) is 11.6. The van der Waals surface area contributed by atoms with Crippen LogP contribution in [-0.4, -0.2) is 27.9 Å². The van der Waals surface area contributed by atoms with Crippen LogP contribution in [0.5, 0.6) is 0 Å². The van der Waals surface area contributed by atoms with E-state index in [1.807, 2.05) is 37.4 Å². The van der Waals surface area contributed by atoms with Gasteiger partial charge in [-0.05, 0) is 23.3 Å². The molecule has 3 rings (SSSR count). The Kier molecular flexibility index (Phi) is 6.16. The smallest absolute Gasteiger partial charge is 0.240 e. The van der Waals surface area contributed by atoms with E-state index in [9.17, 15) is 14.0 Å². The first kappa shape index (κ1) is 19.3. The predicted molar refractivity (Wildman–Crippen MR) is 103 cm³/mol. The molecule has 0 aliphatic carbocycles. The molecule has 1 aromatic heterocycles. The second kappa shape index (κ2) is 8.94. The van der Waals surface area contributed by atoms with E-state index in [1.54, 1.807) is 29.1 Å². The molecule has 1 heterocycles. The largest absolute Gasteiger partial charge is 0.347 e. The minimum Gasteiger partial charge on any atom is -0.347 e. The van der Waals surface area contributed by atoms with Gasteiger partial charge in [-0.1, -0.05) is 42.5 Å². The summed E-state index contributed by atoms with van der Waals surface area (Å²) in [6.07, 6.45) is 3.59.